The second kappa shape index (κ2) is 23.2. The van der Waals surface area contributed by atoms with Crippen molar-refractivity contribution >= 4 is 11.9 Å². The normalized spacial score (nSPS) is 12.5. The molecule has 0 N–H and O–H groups in total. The van der Waals surface area contributed by atoms with Crippen LogP contribution in [0.5, 0.6) is 0 Å². The SMILES string of the molecule is CC(C)(C)CC(=O)OCCCCCCCCOC(C)(C)C.CC(C)(C)CC(=O)OCCOCCOCCOC(C)(C)C. The van der Waals surface area contributed by atoms with Crippen molar-refractivity contribution in [2.75, 3.05) is 52.9 Å². The Hall–Kier alpha value is -1.22. The van der Waals surface area contributed by atoms with Gasteiger partial charge < -0.3 is 28.4 Å². The van der Waals surface area contributed by atoms with Gasteiger partial charge >= 0.3 is 11.9 Å². The van der Waals surface area contributed by atoms with E-state index in [0.29, 0.717) is 59.1 Å². The Morgan fingerprint density at radius 2 is 0.738 bits per heavy atom. The Labute approximate surface area is 259 Å². The summed E-state index contributed by atoms with van der Waals surface area (Å²) in [6, 6.07) is 0. The molecule has 0 aromatic rings. The summed E-state index contributed by atoms with van der Waals surface area (Å²) in [5, 5.41) is 0. The molecule has 0 spiro atoms. The molecular weight excluding hydrogens is 536 g/mol. The molecule has 0 fully saturated rings. The molecule has 0 aliphatic rings. The monoisotopic (exact) mass is 604 g/mol. The van der Waals surface area contributed by atoms with Crippen LogP contribution >= 0.6 is 0 Å². The van der Waals surface area contributed by atoms with E-state index in [2.05, 4.69) is 41.5 Å². The topological polar surface area (TPSA) is 89.5 Å². The number of rotatable bonds is 20. The summed E-state index contributed by atoms with van der Waals surface area (Å²) in [5.41, 5.74) is -0.166. The first-order valence-electron chi connectivity index (χ1n) is 15.9. The number of hydrogen-bond acceptors (Lipinski definition) is 8. The van der Waals surface area contributed by atoms with Gasteiger partial charge in [0, 0.05) is 6.61 Å². The van der Waals surface area contributed by atoms with E-state index in [1.807, 2.05) is 41.5 Å². The number of unbranched alkanes of at least 4 members (excludes halogenated alkanes) is 5. The highest BCUT2D eigenvalue weighted by atomic mass is 16.6. The van der Waals surface area contributed by atoms with E-state index in [1.54, 1.807) is 0 Å². The van der Waals surface area contributed by atoms with E-state index in [1.165, 1.54) is 19.3 Å². The summed E-state index contributed by atoms with van der Waals surface area (Å²) < 4.78 is 32.2. The average molecular weight is 605 g/mol. The fourth-order valence-electron chi connectivity index (χ4n) is 3.39. The van der Waals surface area contributed by atoms with E-state index >= 15 is 0 Å². The van der Waals surface area contributed by atoms with Crippen molar-refractivity contribution in [1.29, 1.82) is 0 Å². The van der Waals surface area contributed by atoms with Crippen LogP contribution in [0.15, 0.2) is 0 Å². The molecule has 8 heteroatoms. The molecule has 0 amide bonds. The van der Waals surface area contributed by atoms with Crippen LogP contribution in [0.2, 0.25) is 0 Å². The Morgan fingerprint density at radius 1 is 0.405 bits per heavy atom. The fourth-order valence-corrected chi connectivity index (χ4v) is 3.39. The minimum atomic E-state index is -0.179. The second-order valence-corrected chi connectivity index (χ2v) is 15.2. The van der Waals surface area contributed by atoms with Gasteiger partial charge in [0.05, 0.1) is 63.7 Å². The summed E-state index contributed by atoms with van der Waals surface area (Å²) in [7, 11) is 0. The fraction of sp³-hybridized carbons (Fsp3) is 0.941. The largest absolute Gasteiger partial charge is 0.466 e. The highest BCUT2D eigenvalue weighted by Crippen LogP contribution is 2.19. The Morgan fingerprint density at radius 3 is 1.17 bits per heavy atom. The van der Waals surface area contributed by atoms with Crippen LogP contribution in [0.3, 0.4) is 0 Å². The first-order valence-corrected chi connectivity index (χ1v) is 15.9. The lowest BCUT2D eigenvalue weighted by Crippen LogP contribution is -2.22. The van der Waals surface area contributed by atoms with Gasteiger partial charge in [-0.2, -0.15) is 0 Å². The molecule has 0 rings (SSSR count). The molecule has 0 saturated heterocycles. The van der Waals surface area contributed by atoms with Crippen LogP contribution in [0.25, 0.3) is 0 Å². The third-order valence-corrected chi connectivity index (χ3v) is 5.31. The minimum absolute atomic E-state index is 0.0169. The average Bonchev–Trinajstić information content (AvgIpc) is 2.78. The number of esters is 2. The van der Waals surface area contributed by atoms with Crippen LogP contribution in [0.1, 0.15) is 134 Å². The first-order chi connectivity index (χ1) is 19.2. The Kier molecular flexibility index (Phi) is 23.7. The van der Waals surface area contributed by atoms with Gasteiger partial charge in [0.15, 0.2) is 0 Å². The molecule has 0 radical (unpaired) electrons. The van der Waals surface area contributed by atoms with E-state index in [9.17, 15) is 9.59 Å². The molecule has 0 saturated carbocycles. The highest BCUT2D eigenvalue weighted by molar-refractivity contribution is 5.70. The summed E-state index contributed by atoms with van der Waals surface area (Å²) >= 11 is 0. The van der Waals surface area contributed by atoms with Crippen molar-refractivity contribution in [2.24, 2.45) is 10.8 Å². The molecule has 0 aliphatic heterocycles. The van der Waals surface area contributed by atoms with Gasteiger partial charge in [0.2, 0.25) is 0 Å². The molecule has 0 heterocycles. The lowest BCUT2D eigenvalue weighted by molar-refractivity contribution is -0.147. The van der Waals surface area contributed by atoms with Gasteiger partial charge in [-0.25, -0.2) is 0 Å². The van der Waals surface area contributed by atoms with Crippen LogP contribution < -0.4 is 0 Å². The van der Waals surface area contributed by atoms with Gasteiger partial charge in [0.25, 0.3) is 0 Å². The number of carbonyl (C=O) groups excluding carboxylic acids is 2. The second-order valence-electron chi connectivity index (χ2n) is 15.2. The van der Waals surface area contributed by atoms with E-state index < -0.39 is 0 Å². The molecule has 0 bridgehead atoms. The standard InChI is InChI=1S/C18H36O3.C16H32O5/c1-17(2,3)15-16(19)20-13-11-9-7-8-10-12-14-21-18(4,5)6;1-15(2,3)13-14(17)20-11-9-18-7-8-19-10-12-21-16(4,5)6/h7-15H2,1-6H3;7-13H2,1-6H3. The van der Waals surface area contributed by atoms with E-state index in [0.717, 1.165) is 25.9 Å². The first kappa shape index (κ1) is 42.9. The lowest BCUT2D eigenvalue weighted by Gasteiger charge is -2.19. The molecule has 252 valence electrons. The van der Waals surface area contributed by atoms with Crippen LogP contribution in [-0.2, 0) is 38.0 Å². The molecule has 0 aliphatic carbocycles. The van der Waals surface area contributed by atoms with Crippen LogP contribution in [0, 0.1) is 10.8 Å². The predicted molar refractivity (Wildman–Crippen MR) is 171 cm³/mol. The third-order valence-electron chi connectivity index (χ3n) is 5.31. The van der Waals surface area contributed by atoms with Gasteiger partial charge in [-0.05, 0) is 65.2 Å². The lowest BCUT2D eigenvalue weighted by atomic mass is 9.92. The van der Waals surface area contributed by atoms with E-state index in [4.69, 9.17) is 28.4 Å². The number of ether oxygens (including phenoxy) is 6. The molecule has 8 nitrogen and oxygen atoms in total. The van der Waals surface area contributed by atoms with Crippen molar-refractivity contribution in [2.45, 2.75) is 146 Å². The minimum Gasteiger partial charge on any atom is -0.466 e. The van der Waals surface area contributed by atoms with Crippen molar-refractivity contribution in [1.82, 2.24) is 0 Å². The maximum Gasteiger partial charge on any atom is 0.306 e. The molecule has 0 atom stereocenters. The quantitative estimate of drug-likeness (QED) is 0.102. The number of hydrogen-bond donors (Lipinski definition) is 0. The maximum atomic E-state index is 11.5. The van der Waals surface area contributed by atoms with Gasteiger partial charge in [-0.3, -0.25) is 9.59 Å². The van der Waals surface area contributed by atoms with Crippen molar-refractivity contribution in [3.8, 4) is 0 Å². The Balaban J connectivity index is 0. The number of carbonyl (C=O) groups is 2. The van der Waals surface area contributed by atoms with E-state index in [-0.39, 0.29) is 34.0 Å². The third kappa shape index (κ3) is 40.9. The Bertz CT molecular complexity index is 605. The van der Waals surface area contributed by atoms with Gasteiger partial charge in [-0.15, -0.1) is 0 Å². The molecule has 0 unspecified atom stereocenters. The molecule has 42 heavy (non-hydrogen) atoms. The zero-order valence-corrected chi connectivity index (χ0v) is 29.6. The van der Waals surface area contributed by atoms with Gasteiger partial charge in [0.1, 0.15) is 6.61 Å². The zero-order chi connectivity index (χ0) is 32.7. The summed E-state index contributed by atoms with van der Waals surface area (Å²) in [4.78, 5) is 22.9. The molecule has 0 aromatic carbocycles. The van der Waals surface area contributed by atoms with Crippen LogP contribution in [-0.4, -0.2) is 76.0 Å². The molecule has 0 aromatic heterocycles. The zero-order valence-electron chi connectivity index (χ0n) is 29.6. The van der Waals surface area contributed by atoms with Crippen LogP contribution in [0.4, 0.5) is 0 Å². The highest BCUT2D eigenvalue weighted by Gasteiger charge is 2.17. The predicted octanol–water partition coefficient (Wildman–Crippen LogP) is 7.94. The maximum absolute atomic E-state index is 11.5. The van der Waals surface area contributed by atoms with Crippen molar-refractivity contribution in [3.63, 3.8) is 0 Å². The summed E-state index contributed by atoms with van der Waals surface area (Å²) in [6.45, 7) is 28.7. The summed E-state index contributed by atoms with van der Waals surface area (Å²) in [6.07, 6.45) is 7.86. The smallest absolute Gasteiger partial charge is 0.306 e. The van der Waals surface area contributed by atoms with Crippen molar-refractivity contribution in [3.05, 3.63) is 0 Å². The van der Waals surface area contributed by atoms with Gasteiger partial charge in [-0.1, -0.05) is 67.2 Å². The molecular formula is C34H68O8. The van der Waals surface area contributed by atoms with Crippen molar-refractivity contribution < 1.29 is 38.0 Å². The summed E-state index contributed by atoms with van der Waals surface area (Å²) in [5.74, 6) is -0.247.